The number of thioether (sulfide) groups is 1. The van der Waals surface area contributed by atoms with Crippen molar-refractivity contribution in [1.82, 2.24) is 19.3 Å². The zero-order valence-electron chi connectivity index (χ0n) is 18.8. The maximum Gasteiger partial charge on any atom is 0.258 e. The van der Waals surface area contributed by atoms with Crippen molar-refractivity contribution in [2.75, 3.05) is 25.6 Å². The van der Waals surface area contributed by atoms with Gasteiger partial charge in [0.1, 0.15) is 6.07 Å². The van der Waals surface area contributed by atoms with Gasteiger partial charge in [-0.1, -0.05) is 6.07 Å². The molecule has 1 fully saturated rings. The highest BCUT2D eigenvalue weighted by atomic mass is 32.2. The van der Waals surface area contributed by atoms with E-state index in [2.05, 4.69) is 22.4 Å². The topological polar surface area (TPSA) is 75.1 Å². The number of fused-ring (bicyclic) bond motifs is 2. The second kappa shape index (κ2) is 9.19. The molecule has 1 aliphatic rings. The number of nitriles is 1. The molecule has 32 heavy (non-hydrogen) atoms. The lowest BCUT2D eigenvalue weighted by Gasteiger charge is -2.16. The number of aromatic nitrogens is 3. The predicted octanol–water partition coefficient (Wildman–Crippen LogP) is 4.32. The normalized spacial score (nSPS) is 15.5. The second-order valence-corrected chi connectivity index (χ2v) is 9.02. The Morgan fingerprint density at radius 2 is 1.91 bits per heavy atom. The fourth-order valence-electron chi connectivity index (χ4n) is 4.32. The number of imidazole rings is 1. The van der Waals surface area contributed by atoms with Crippen LogP contribution in [0.25, 0.3) is 27.5 Å². The molecule has 1 atom stereocenters. The van der Waals surface area contributed by atoms with Gasteiger partial charge in [0.15, 0.2) is 5.65 Å². The van der Waals surface area contributed by atoms with E-state index >= 15 is 0 Å². The van der Waals surface area contributed by atoms with E-state index in [4.69, 9.17) is 0 Å². The lowest BCUT2D eigenvalue weighted by Crippen LogP contribution is -2.26. The molecule has 6 nitrogen and oxygen atoms in total. The fourth-order valence-corrected chi connectivity index (χ4v) is 4.32. The van der Waals surface area contributed by atoms with Crippen LogP contribution in [0, 0.1) is 25.2 Å². The van der Waals surface area contributed by atoms with Gasteiger partial charge >= 0.3 is 0 Å². The number of nitrogens with zero attached hydrogens (tertiary/aromatic N) is 4. The first-order chi connectivity index (χ1) is 15.5. The fraction of sp³-hybridized carbons (Fsp3) is 0.320. The Balaban J connectivity index is 0.000000775. The first kappa shape index (κ1) is 22.1. The van der Waals surface area contributed by atoms with E-state index in [0.717, 1.165) is 52.7 Å². The molecule has 0 spiro atoms. The highest BCUT2D eigenvalue weighted by Gasteiger charge is 2.19. The number of aryl methyl sites for hydroxylation is 2. The third-order valence-electron chi connectivity index (χ3n) is 5.80. The van der Waals surface area contributed by atoms with Crippen molar-refractivity contribution in [3.05, 3.63) is 70.0 Å². The summed E-state index contributed by atoms with van der Waals surface area (Å²) in [5, 5.41) is 14.6. The molecule has 1 aromatic carbocycles. The molecule has 4 heterocycles. The molecule has 5 rings (SSSR count). The molecular weight excluding hydrogens is 418 g/mol. The van der Waals surface area contributed by atoms with Crippen LogP contribution in [0.5, 0.6) is 0 Å². The minimum atomic E-state index is 0.0595. The van der Waals surface area contributed by atoms with Crippen LogP contribution in [0.4, 0.5) is 0 Å². The van der Waals surface area contributed by atoms with Crippen molar-refractivity contribution in [3.63, 3.8) is 0 Å². The van der Waals surface area contributed by atoms with E-state index in [1.54, 1.807) is 11.8 Å². The van der Waals surface area contributed by atoms with Gasteiger partial charge in [-0.15, -0.1) is 0 Å². The van der Waals surface area contributed by atoms with Crippen LogP contribution in [0.2, 0.25) is 0 Å². The molecule has 3 aromatic heterocycles. The zero-order chi connectivity index (χ0) is 22.8. The van der Waals surface area contributed by atoms with Crippen LogP contribution in [-0.2, 0) is 0 Å². The Hall–Kier alpha value is -3.08. The first-order valence-corrected chi connectivity index (χ1v) is 12.3. The molecule has 1 unspecified atom stereocenters. The van der Waals surface area contributed by atoms with Crippen molar-refractivity contribution in [3.8, 4) is 17.2 Å². The maximum atomic E-state index is 13.1. The van der Waals surface area contributed by atoms with Crippen molar-refractivity contribution in [2.24, 2.45) is 0 Å². The van der Waals surface area contributed by atoms with Gasteiger partial charge in [-0.25, -0.2) is 4.98 Å². The summed E-state index contributed by atoms with van der Waals surface area (Å²) in [4.78, 5) is 17.5. The predicted molar refractivity (Wildman–Crippen MR) is 133 cm³/mol. The number of rotatable bonds is 2. The third-order valence-corrected chi connectivity index (χ3v) is 5.80. The summed E-state index contributed by atoms with van der Waals surface area (Å²) in [6.45, 7) is 5.75. The standard InChI is InChI=1S/C23H21N5O.C2H6S/c1-14-11-28(19-5-6-25-10-19)23(29)20-4-3-16(8-21(14)20)18-7-17(9-24)22-26-15(2)12-27(22)13-18;1-3-2/h3-4,7-8,11-13,19,25H,5-6,10H2,1-2H3;1-2H3. The third kappa shape index (κ3) is 4.04. The first-order valence-electron chi connectivity index (χ1n) is 10.6. The van der Waals surface area contributed by atoms with E-state index in [-0.39, 0.29) is 11.6 Å². The smallest absolute Gasteiger partial charge is 0.258 e. The molecule has 1 aliphatic heterocycles. The number of hydrogen-bond donors (Lipinski definition) is 1. The van der Waals surface area contributed by atoms with E-state index in [1.807, 2.05) is 72.1 Å². The highest BCUT2D eigenvalue weighted by Crippen LogP contribution is 2.28. The largest absolute Gasteiger partial charge is 0.315 e. The molecule has 4 aromatic rings. The van der Waals surface area contributed by atoms with Crippen LogP contribution in [0.1, 0.15) is 29.3 Å². The number of nitrogens with one attached hydrogen (secondary N) is 1. The molecule has 164 valence electrons. The number of benzene rings is 1. The summed E-state index contributed by atoms with van der Waals surface area (Å²) < 4.78 is 3.77. The molecule has 1 saturated heterocycles. The lowest BCUT2D eigenvalue weighted by atomic mass is 10.00. The summed E-state index contributed by atoms with van der Waals surface area (Å²) in [5.41, 5.74) is 5.12. The van der Waals surface area contributed by atoms with Gasteiger partial charge in [0.2, 0.25) is 0 Å². The molecule has 0 aliphatic carbocycles. The van der Waals surface area contributed by atoms with Crippen molar-refractivity contribution in [1.29, 1.82) is 5.26 Å². The Morgan fingerprint density at radius 1 is 1.12 bits per heavy atom. The van der Waals surface area contributed by atoms with Gasteiger partial charge in [0.25, 0.3) is 5.56 Å². The van der Waals surface area contributed by atoms with Gasteiger partial charge < -0.3 is 14.3 Å². The summed E-state index contributed by atoms with van der Waals surface area (Å²) in [6, 6.07) is 10.3. The summed E-state index contributed by atoms with van der Waals surface area (Å²) >= 11 is 1.75. The summed E-state index contributed by atoms with van der Waals surface area (Å²) in [6.07, 6.45) is 10.9. The highest BCUT2D eigenvalue weighted by molar-refractivity contribution is 7.97. The Morgan fingerprint density at radius 3 is 2.59 bits per heavy atom. The van der Waals surface area contributed by atoms with Gasteiger partial charge in [-0.05, 0) is 79.6 Å². The van der Waals surface area contributed by atoms with Gasteiger partial charge in [-0.3, -0.25) is 4.79 Å². The second-order valence-electron chi connectivity index (χ2n) is 8.21. The quantitative estimate of drug-likeness (QED) is 0.497. The number of pyridine rings is 2. The monoisotopic (exact) mass is 445 g/mol. The SMILES string of the molecule is CSC.Cc1cn2cc(-c3ccc4c(=O)n(C5CCNC5)cc(C)c4c3)cc(C#N)c2n1. The Bertz CT molecular complexity index is 1390. The van der Waals surface area contributed by atoms with Gasteiger partial charge in [0, 0.05) is 30.5 Å². The van der Waals surface area contributed by atoms with E-state index in [0.29, 0.717) is 11.2 Å². The average molecular weight is 446 g/mol. The van der Waals surface area contributed by atoms with Gasteiger partial charge in [-0.2, -0.15) is 17.0 Å². The van der Waals surface area contributed by atoms with Crippen LogP contribution in [-0.4, -0.2) is 39.6 Å². The molecule has 0 radical (unpaired) electrons. The number of hydrogen-bond acceptors (Lipinski definition) is 5. The van der Waals surface area contributed by atoms with Crippen molar-refractivity contribution >= 4 is 28.2 Å². The van der Waals surface area contributed by atoms with E-state index < -0.39 is 0 Å². The Labute approximate surface area is 191 Å². The lowest BCUT2D eigenvalue weighted by molar-refractivity contribution is 0.531. The summed E-state index contributed by atoms with van der Waals surface area (Å²) in [5.74, 6) is 0. The maximum absolute atomic E-state index is 13.1. The van der Waals surface area contributed by atoms with Crippen LogP contribution < -0.4 is 10.9 Å². The molecule has 0 saturated carbocycles. The minimum absolute atomic E-state index is 0.0595. The molecule has 0 bridgehead atoms. The van der Waals surface area contributed by atoms with Crippen molar-refractivity contribution in [2.45, 2.75) is 26.3 Å². The minimum Gasteiger partial charge on any atom is -0.315 e. The van der Waals surface area contributed by atoms with E-state index in [9.17, 15) is 10.1 Å². The molecule has 1 N–H and O–H groups in total. The van der Waals surface area contributed by atoms with Crippen LogP contribution >= 0.6 is 11.8 Å². The molecular formula is C25H27N5OS. The summed E-state index contributed by atoms with van der Waals surface area (Å²) in [7, 11) is 0. The Kier molecular flexibility index (Phi) is 6.35. The molecule has 0 amide bonds. The van der Waals surface area contributed by atoms with Crippen molar-refractivity contribution < 1.29 is 0 Å². The van der Waals surface area contributed by atoms with E-state index in [1.165, 1.54) is 0 Å². The van der Waals surface area contributed by atoms with Gasteiger partial charge in [0.05, 0.1) is 17.3 Å². The van der Waals surface area contributed by atoms with Crippen LogP contribution in [0.15, 0.2) is 47.7 Å². The molecule has 7 heteroatoms. The van der Waals surface area contributed by atoms with Crippen LogP contribution in [0.3, 0.4) is 0 Å². The zero-order valence-corrected chi connectivity index (χ0v) is 19.7. The average Bonchev–Trinajstić information content (AvgIpc) is 3.44.